The predicted octanol–water partition coefficient (Wildman–Crippen LogP) is 3.84. The molecule has 7 rings (SSSR count). The summed E-state index contributed by atoms with van der Waals surface area (Å²) in [6, 6.07) is 39.1. The van der Waals surface area contributed by atoms with Gasteiger partial charge in [0.05, 0.1) is 0 Å². The van der Waals surface area contributed by atoms with Crippen LogP contribution in [0.5, 0.6) is 0 Å². The number of fused-ring (bicyclic) bond motifs is 5. The molecule has 204 valence electrons. The van der Waals surface area contributed by atoms with Gasteiger partial charge in [-0.25, -0.2) is 0 Å². The van der Waals surface area contributed by atoms with Gasteiger partial charge < -0.3 is 24.8 Å². The molecule has 2 atom stereocenters. The van der Waals surface area contributed by atoms with Gasteiger partial charge >= 0.3 is 246 Å². The van der Waals surface area contributed by atoms with Crippen LogP contribution in [0.2, 0.25) is 13.1 Å². The first-order valence-corrected chi connectivity index (χ1v) is 22.9. The number of halogens is 2. The molecule has 0 spiro atoms. The van der Waals surface area contributed by atoms with Gasteiger partial charge in [-0.05, 0) is 0 Å². The SMILES string of the molecule is CC(C)C1=Cc2c(-c3cccc4ccccc34)cccc2C1c1cccc2c1[CH]([Zr+2][SiH](C)C)c1ccccc1-2.[Cl-].[Cl-]. The Balaban J connectivity index is 0.00000169. The third-order valence-electron chi connectivity index (χ3n) is 8.64. The molecule has 0 radical (unpaired) electrons. The summed E-state index contributed by atoms with van der Waals surface area (Å²) in [6.07, 6.45) is 2.55. The Morgan fingerprint density at radius 2 is 1.20 bits per heavy atom. The molecule has 0 saturated carbocycles. The summed E-state index contributed by atoms with van der Waals surface area (Å²) < 4.78 is 0.682. The van der Waals surface area contributed by atoms with E-state index in [0.717, 1.165) is 0 Å². The number of rotatable bonds is 5. The van der Waals surface area contributed by atoms with E-state index in [4.69, 9.17) is 0 Å². The summed E-state index contributed by atoms with van der Waals surface area (Å²) >= 11 is -0.550. The fourth-order valence-corrected chi connectivity index (χ4v) is 16.9. The topological polar surface area (TPSA) is 0 Å². The van der Waals surface area contributed by atoms with E-state index < -0.39 is 28.3 Å². The number of benzene rings is 5. The van der Waals surface area contributed by atoms with E-state index in [9.17, 15) is 0 Å². The zero-order chi connectivity index (χ0) is 26.7. The Morgan fingerprint density at radius 3 is 1.98 bits per heavy atom. The molecule has 2 aliphatic rings. The standard InChI is InChI=1S/C35H27.C2H7Si.2ClH.Zr/c1-22(2)32-21-34-29(27-15-7-12-23-10-3-5-13-25(23)27)17-9-19-31(34)35(32)30-18-8-16-28-26-14-6-4-11-24(26)20-33(28)30;1-3-2;;;/h3-22,35H,1-2H3;3H,1-2H3;2*1H;/q;;;;+2/p-2. The molecule has 5 aromatic rings. The minimum absolute atomic E-state index is 0. The van der Waals surface area contributed by atoms with Gasteiger partial charge in [0.1, 0.15) is 0 Å². The van der Waals surface area contributed by atoms with Crippen LogP contribution in [-0.2, 0) is 22.4 Å². The Labute approximate surface area is 269 Å². The monoisotopic (exact) mass is 666 g/mol. The molecule has 0 aromatic heterocycles. The average Bonchev–Trinajstić information content (AvgIpc) is 3.49. The summed E-state index contributed by atoms with van der Waals surface area (Å²) in [5, 5.41) is 2.64. The van der Waals surface area contributed by atoms with Crippen LogP contribution in [0.1, 0.15) is 51.2 Å². The van der Waals surface area contributed by atoms with Crippen LogP contribution in [0.3, 0.4) is 0 Å². The second-order valence-electron chi connectivity index (χ2n) is 11.7. The van der Waals surface area contributed by atoms with E-state index in [-0.39, 0.29) is 24.8 Å². The van der Waals surface area contributed by atoms with E-state index in [0.29, 0.717) is 15.5 Å². The van der Waals surface area contributed by atoms with Crippen molar-refractivity contribution in [1.82, 2.24) is 0 Å². The maximum atomic E-state index is 2.58. The van der Waals surface area contributed by atoms with Gasteiger partial charge in [-0.3, -0.25) is 0 Å². The van der Waals surface area contributed by atoms with Crippen molar-refractivity contribution in [2.24, 2.45) is 5.92 Å². The van der Waals surface area contributed by atoms with Crippen LogP contribution in [0.4, 0.5) is 0 Å². The van der Waals surface area contributed by atoms with Gasteiger partial charge in [0.15, 0.2) is 0 Å². The minimum Gasteiger partial charge on any atom is -1.00 e. The van der Waals surface area contributed by atoms with E-state index in [1.807, 2.05) is 0 Å². The first-order valence-electron chi connectivity index (χ1n) is 14.3. The molecule has 0 heterocycles. The van der Waals surface area contributed by atoms with Crippen molar-refractivity contribution in [2.75, 3.05) is 0 Å². The molecule has 0 bridgehead atoms. The smallest absolute Gasteiger partial charge is 1.00 e. The van der Waals surface area contributed by atoms with Gasteiger partial charge in [0, 0.05) is 0 Å². The quantitative estimate of drug-likeness (QED) is 0.250. The minimum atomic E-state index is -0.616. The fraction of sp³-hybridized carbons (Fsp3) is 0.189. The van der Waals surface area contributed by atoms with E-state index in [1.165, 1.54) is 44.2 Å². The molecule has 0 aliphatic heterocycles. The summed E-state index contributed by atoms with van der Waals surface area (Å²) in [6.45, 7) is 9.93. The maximum absolute atomic E-state index is 2.58. The van der Waals surface area contributed by atoms with Crippen LogP contribution in [0, 0.1) is 5.92 Å². The average molecular weight is 669 g/mol. The third-order valence-corrected chi connectivity index (χ3v) is 18.5. The Kier molecular flexibility index (Phi) is 8.98. The summed E-state index contributed by atoms with van der Waals surface area (Å²) in [5.74, 6) is 0.199. The van der Waals surface area contributed by atoms with E-state index in [2.05, 4.69) is 136 Å². The van der Waals surface area contributed by atoms with Crippen LogP contribution in [-0.4, -0.2) is 5.92 Å². The molecule has 2 aliphatic carbocycles. The molecule has 0 nitrogen and oxygen atoms in total. The molecule has 0 saturated heterocycles. The first-order chi connectivity index (χ1) is 19.0. The summed E-state index contributed by atoms with van der Waals surface area (Å²) in [4.78, 5) is 0. The Bertz CT molecular complexity index is 1770. The van der Waals surface area contributed by atoms with Crippen molar-refractivity contribution >= 4 is 22.8 Å². The molecule has 4 heteroatoms. The van der Waals surface area contributed by atoms with Gasteiger partial charge in [0.25, 0.3) is 0 Å². The van der Waals surface area contributed by atoms with Gasteiger partial charge in [-0.2, -0.15) is 0 Å². The molecular weight excluding hydrogens is 635 g/mol. The zero-order valence-corrected chi connectivity index (χ0v) is 29.1. The van der Waals surface area contributed by atoms with Crippen LogP contribution < -0.4 is 24.8 Å². The number of hydrogen-bond donors (Lipinski definition) is 0. The van der Waals surface area contributed by atoms with Crippen LogP contribution >= 0.6 is 0 Å². The van der Waals surface area contributed by atoms with Crippen molar-refractivity contribution in [3.8, 4) is 22.3 Å². The Hall–Kier alpha value is -2.22. The van der Waals surface area contributed by atoms with Gasteiger partial charge in [-0.1, -0.05) is 0 Å². The summed E-state index contributed by atoms with van der Waals surface area (Å²) in [5.41, 5.74) is 15.0. The van der Waals surface area contributed by atoms with E-state index in [1.54, 1.807) is 22.3 Å². The van der Waals surface area contributed by atoms with Crippen molar-refractivity contribution < 1.29 is 47.2 Å². The third kappa shape index (κ3) is 5.06. The van der Waals surface area contributed by atoms with E-state index >= 15 is 0 Å². The van der Waals surface area contributed by atoms with Crippen molar-refractivity contribution in [2.45, 2.75) is 36.5 Å². The van der Waals surface area contributed by atoms with Crippen LogP contribution in [0.25, 0.3) is 39.1 Å². The number of allylic oxidation sites excluding steroid dienone is 1. The summed E-state index contributed by atoms with van der Waals surface area (Å²) in [7, 11) is 0. The molecule has 41 heavy (non-hydrogen) atoms. The second-order valence-corrected chi connectivity index (χ2v) is 26.8. The molecule has 0 amide bonds. The molecule has 0 N–H and O–H groups in total. The van der Waals surface area contributed by atoms with Gasteiger partial charge in [-0.15, -0.1) is 0 Å². The molecule has 2 unspecified atom stereocenters. The number of hydrogen-bond acceptors (Lipinski definition) is 0. The van der Waals surface area contributed by atoms with Crippen molar-refractivity contribution in [1.29, 1.82) is 0 Å². The van der Waals surface area contributed by atoms with Crippen LogP contribution in [0.15, 0.2) is 109 Å². The second kappa shape index (κ2) is 12.2. The largest absolute Gasteiger partial charge is 1.00 e. The van der Waals surface area contributed by atoms with Crippen molar-refractivity contribution in [3.05, 3.63) is 137 Å². The zero-order valence-electron chi connectivity index (χ0n) is 24.0. The van der Waals surface area contributed by atoms with Crippen molar-refractivity contribution in [3.63, 3.8) is 0 Å². The predicted molar refractivity (Wildman–Crippen MR) is 167 cm³/mol. The normalized spacial score (nSPS) is 16.4. The van der Waals surface area contributed by atoms with Gasteiger partial charge in [0.2, 0.25) is 0 Å². The Morgan fingerprint density at radius 1 is 0.610 bits per heavy atom. The fourth-order valence-electron chi connectivity index (χ4n) is 7.02. The molecule has 0 fully saturated rings. The first kappa shape index (κ1) is 30.2. The molecular formula is C37H34Cl2SiZr. The maximum Gasteiger partial charge on any atom is -1.00 e. The molecule has 5 aromatic carbocycles.